The minimum Gasteiger partial charge on any atom is -0.322 e. The summed E-state index contributed by atoms with van der Waals surface area (Å²) in [7, 11) is -1.37. The predicted octanol–water partition coefficient (Wildman–Crippen LogP) is 3.63. The van der Waals surface area contributed by atoms with Crippen LogP contribution in [0.2, 0.25) is 0 Å². The molecule has 8 nitrogen and oxygen atoms in total. The standard InChI is InChI=1S/C20H19F3N4O4S/c1-13-18(12-24-27(13)16-6-4-5-14(11-16)20(21,22)23)19(28)25-15-7-9-17(10-8-15)32(29,30)26(2)31-3/h4-12H,1-3H3,(H,25,28). The summed E-state index contributed by atoms with van der Waals surface area (Å²) in [5.74, 6) is -0.551. The molecule has 0 atom stereocenters. The number of halogens is 3. The van der Waals surface area contributed by atoms with E-state index in [0.717, 1.165) is 12.1 Å². The number of sulfonamides is 1. The summed E-state index contributed by atoms with van der Waals surface area (Å²) in [6, 6.07) is 10.0. The van der Waals surface area contributed by atoms with Crippen molar-refractivity contribution in [3.63, 3.8) is 0 Å². The highest BCUT2D eigenvalue weighted by atomic mass is 32.2. The molecule has 1 aromatic heterocycles. The first-order valence-electron chi connectivity index (χ1n) is 9.12. The number of hydrogen-bond donors (Lipinski definition) is 1. The monoisotopic (exact) mass is 468 g/mol. The molecule has 0 bridgehead atoms. The van der Waals surface area contributed by atoms with Crippen LogP contribution in [0.3, 0.4) is 0 Å². The number of hydrogen-bond acceptors (Lipinski definition) is 5. The predicted molar refractivity (Wildman–Crippen MR) is 110 cm³/mol. The molecule has 0 unspecified atom stereocenters. The van der Waals surface area contributed by atoms with Gasteiger partial charge in [0.2, 0.25) is 0 Å². The largest absolute Gasteiger partial charge is 0.416 e. The molecule has 0 saturated carbocycles. The van der Waals surface area contributed by atoms with Gasteiger partial charge in [-0.3, -0.25) is 9.63 Å². The number of alkyl halides is 3. The summed E-state index contributed by atoms with van der Waals surface area (Å²) in [5.41, 5.74) is 0.138. The van der Waals surface area contributed by atoms with Crippen LogP contribution in [0, 0.1) is 6.92 Å². The number of aromatic nitrogens is 2. The third-order valence-corrected chi connectivity index (χ3v) is 6.37. The summed E-state index contributed by atoms with van der Waals surface area (Å²) in [5, 5.41) is 6.65. The van der Waals surface area contributed by atoms with Gasteiger partial charge in [0.15, 0.2) is 0 Å². The lowest BCUT2D eigenvalue weighted by Crippen LogP contribution is -2.25. The van der Waals surface area contributed by atoms with Crippen LogP contribution in [0.1, 0.15) is 21.6 Å². The average Bonchev–Trinajstić information content (AvgIpc) is 3.14. The smallest absolute Gasteiger partial charge is 0.322 e. The van der Waals surface area contributed by atoms with E-state index < -0.39 is 27.7 Å². The molecule has 1 N–H and O–H groups in total. The van der Waals surface area contributed by atoms with Crippen molar-refractivity contribution in [2.24, 2.45) is 0 Å². The number of nitrogens with one attached hydrogen (secondary N) is 1. The maximum atomic E-state index is 13.0. The maximum absolute atomic E-state index is 13.0. The SMILES string of the molecule is CON(C)S(=O)(=O)c1ccc(NC(=O)c2cnn(-c3cccc(C(F)(F)F)c3)c2C)cc1. The van der Waals surface area contributed by atoms with Crippen LogP contribution in [-0.4, -0.2) is 42.7 Å². The summed E-state index contributed by atoms with van der Waals surface area (Å²) >= 11 is 0. The molecule has 1 heterocycles. The molecule has 32 heavy (non-hydrogen) atoms. The molecule has 3 rings (SSSR count). The van der Waals surface area contributed by atoms with E-state index in [9.17, 15) is 26.4 Å². The highest BCUT2D eigenvalue weighted by Gasteiger charge is 2.31. The van der Waals surface area contributed by atoms with Crippen molar-refractivity contribution in [3.8, 4) is 5.69 Å². The molecule has 0 aliphatic rings. The van der Waals surface area contributed by atoms with E-state index in [1.165, 1.54) is 61.4 Å². The van der Waals surface area contributed by atoms with Crippen molar-refractivity contribution in [2.75, 3.05) is 19.5 Å². The molecule has 0 radical (unpaired) electrons. The minimum absolute atomic E-state index is 0.0339. The lowest BCUT2D eigenvalue weighted by atomic mass is 10.2. The number of rotatable bonds is 6. The minimum atomic E-state index is -4.50. The fraction of sp³-hybridized carbons (Fsp3) is 0.200. The summed E-state index contributed by atoms with van der Waals surface area (Å²) in [4.78, 5) is 17.3. The molecule has 1 amide bonds. The van der Waals surface area contributed by atoms with Crippen LogP contribution in [0.15, 0.2) is 59.6 Å². The van der Waals surface area contributed by atoms with Crippen molar-refractivity contribution < 1.29 is 31.2 Å². The molecule has 0 aliphatic carbocycles. The number of carbonyl (C=O) groups is 1. The van der Waals surface area contributed by atoms with Gasteiger partial charge in [-0.2, -0.15) is 18.3 Å². The van der Waals surface area contributed by atoms with Crippen molar-refractivity contribution in [1.82, 2.24) is 14.2 Å². The van der Waals surface area contributed by atoms with Gasteiger partial charge in [0, 0.05) is 12.7 Å². The lowest BCUT2D eigenvalue weighted by Gasteiger charge is -2.14. The quantitative estimate of drug-likeness (QED) is 0.558. The Kier molecular flexibility index (Phi) is 6.39. The van der Waals surface area contributed by atoms with Gasteiger partial charge in [-0.15, -0.1) is 0 Å². The zero-order chi connectivity index (χ0) is 23.7. The third kappa shape index (κ3) is 4.66. The molecule has 0 saturated heterocycles. The first-order valence-corrected chi connectivity index (χ1v) is 10.6. The lowest BCUT2D eigenvalue weighted by molar-refractivity contribution is -0.137. The Morgan fingerprint density at radius 1 is 1.16 bits per heavy atom. The van der Waals surface area contributed by atoms with Gasteiger partial charge < -0.3 is 5.32 Å². The van der Waals surface area contributed by atoms with E-state index in [0.29, 0.717) is 15.8 Å². The van der Waals surface area contributed by atoms with Crippen LogP contribution in [0.5, 0.6) is 0 Å². The highest BCUT2D eigenvalue weighted by Crippen LogP contribution is 2.30. The van der Waals surface area contributed by atoms with Crippen molar-refractivity contribution in [1.29, 1.82) is 0 Å². The van der Waals surface area contributed by atoms with Crippen molar-refractivity contribution >= 4 is 21.6 Å². The molecule has 0 aliphatic heterocycles. The Hall–Kier alpha value is -3.22. The zero-order valence-electron chi connectivity index (χ0n) is 17.2. The Morgan fingerprint density at radius 3 is 2.41 bits per heavy atom. The molecular weight excluding hydrogens is 449 g/mol. The summed E-state index contributed by atoms with van der Waals surface area (Å²) < 4.78 is 65.3. The summed E-state index contributed by atoms with van der Waals surface area (Å²) in [6.45, 7) is 1.55. The number of carbonyl (C=O) groups excluding carboxylic acids is 1. The van der Waals surface area contributed by atoms with Crippen LogP contribution < -0.4 is 5.32 Å². The number of hydroxylamine groups is 1. The second kappa shape index (κ2) is 8.73. The first-order chi connectivity index (χ1) is 14.9. The van der Waals surface area contributed by atoms with Crippen LogP contribution in [0.4, 0.5) is 18.9 Å². The van der Waals surface area contributed by atoms with Crippen molar-refractivity contribution in [3.05, 3.63) is 71.5 Å². The van der Waals surface area contributed by atoms with Crippen LogP contribution >= 0.6 is 0 Å². The molecule has 2 aromatic carbocycles. The molecule has 12 heteroatoms. The van der Waals surface area contributed by atoms with Gasteiger partial charge in [-0.1, -0.05) is 10.5 Å². The van der Waals surface area contributed by atoms with Crippen LogP contribution in [0.25, 0.3) is 5.69 Å². The van der Waals surface area contributed by atoms with E-state index in [-0.39, 0.29) is 16.1 Å². The zero-order valence-corrected chi connectivity index (χ0v) is 18.0. The Labute approximate surface area is 182 Å². The third-order valence-electron chi connectivity index (χ3n) is 4.68. The molecule has 0 fully saturated rings. The van der Waals surface area contributed by atoms with E-state index in [1.807, 2.05) is 0 Å². The van der Waals surface area contributed by atoms with Gasteiger partial charge in [0.05, 0.1) is 40.7 Å². The first kappa shape index (κ1) is 23.4. The number of nitrogens with zero attached hydrogens (tertiary/aromatic N) is 3. The van der Waals surface area contributed by atoms with Crippen LogP contribution in [-0.2, 0) is 21.0 Å². The maximum Gasteiger partial charge on any atom is 0.416 e. The Bertz CT molecular complexity index is 1240. The molecule has 0 spiro atoms. The van der Waals surface area contributed by atoms with E-state index in [4.69, 9.17) is 4.84 Å². The van der Waals surface area contributed by atoms with Crippen molar-refractivity contribution in [2.45, 2.75) is 18.0 Å². The fourth-order valence-corrected chi connectivity index (χ4v) is 3.84. The van der Waals surface area contributed by atoms with E-state index in [2.05, 4.69) is 10.4 Å². The topological polar surface area (TPSA) is 93.5 Å². The van der Waals surface area contributed by atoms with Gasteiger partial charge in [-0.05, 0) is 49.4 Å². The number of anilines is 1. The van der Waals surface area contributed by atoms with E-state index in [1.54, 1.807) is 6.92 Å². The molecule has 170 valence electrons. The second-order valence-corrected chi connectivity index (χ2v) is 8.62. The van der Waals surface area contributed by atoms with Gasteiger partial charge in [0.1, 0.15) is 0 Å². The normalized spacial score (nSPS) is 12.2. The second-order valence-electron chi connectivity index (χ2n) is 6.68. The Balaban J connectivity index is 1.81. The number of amides is 1. The molecular formula is C20H19F3N4O4S. The highest BCUT2D eigenvalue weighted by molar-refractivity contribution is 7.89. The average molecular weight is 468 g/mol. The molecule has 3 aromatic rings. The van der Waals surface area contributed by atoms with Gasteiger partial charge in [0.25, 0.3) is 15.9 Å². The number of benzene rings is 2. The summed E-state index contributed by atoms with van der Waals surface area (Å²) in [6.07, 6.45) is -3.26. The van der Waals surface area contributed by atoms with Gasteiger partial charge >= 0.3 is 6.18 Å². The fourth-order valence-electron chi connectivity index (χ4n) is 2.86. The van der Waals surface area contributed by atoms with Gasteiger partial charge in [-0.25, -0.2) is 13.1 Å². The Morgan fingerprint density at radius 2 is 1.81 bits per heavy atom. The van der Waals surface area contributed by atoms with E-state index >= 15 is 0 Å².